The summed E-state index contributed by atoms with van der Waals surface area (Å²) in [5.74, 6) is 0.838. The van der Waals surface area contributed by atoms with Crippen LogP contribution in [-0.2, 0) is 11.3 Å². The number of piperazine rings is 1. The molecule has 1 aliphatic rings. The Hall–Kier alpha value is -3.43. The fraction of sp³-hybridized carbons (Fsp3) is 0.360. The van der Waals surface area contributed by atoms with Crippen molar-refractivity contribution in [3.05, 3.63) is 59.4 Å². The van der Waals surface area contributed by atoms with E-state index in [1.807, 2.05) is 44.2 Å². The summed E-state index contributed by atoms with van der Waals surface area (Å²) >= 11 is 6.01. The number of fused-ring (bicyclic) bond motifs is 1. The number of nitrogens with two attached hydrogens (primary N) is 1. The van der Waals surface area contributed by atoms with E-state index < -0.39 is 11.9 Å². The standard InChI is InChI=1S/C25H30ClN7O2/c1-16(2)22(23(27)34)31-24-19-8-3-4-9-20(19)29-21(30-24)15-32-10-12-33(13-11-32)25(35)28-18-7-5-6-17(26)14-18/h3-9,14,16,22H,10-13,15H2,1-2H3,(H2,27,34)(H,28,35)(H,29,30,31)/t22-/m0/s1. The Morgan fingerprint density at radius 3 is 2.49 bits per heavy atom. The Kier molecular flexibility index (Phi) is 7.67. The van der Waals surface area contributed by atoms with Gasteiger partial charge in [-0.05, 0) is 36.2 Å². The van der Waals surface area contributed by atoms with Crippen LogP contribution in [0.3, 0.4) is 0 Å². The zero-order chi connectivity index (χ0) is 24.9. The molecule has 1 aliphatic heterocycles. The summed E-state index contributed by atoms with van der Waals surface area (Å²) in [5, 5.41) is 7.54. The van der Waals surface area contributed by atoms with Crippen molar-refractivity contribution in [1.82, 2.24) is 19.8 Å². The number of primary amides is 1. The maximum Gasteiger partial charge on any atom is 0.321 e. The number of nitrogens with one attached hydrogen (secondary N) is 2. The fourth-order valence-electron chi connectivity index (χ4n) is 4.10. The number of aromatic nitrogens is 2. The average molecular weight is 496 g/mol. The van der Waals surface area contributed by atoms with Gasteiger partial charge in [0.15, 0.2) is 0 Å². The van der Waals surface area contributed by atoms with Crippen molar-refractivity contribution < 1.29 is 9.59 Å². The molecule has 0 bridgehead atoms. The van der Waals surface area contributed by atoms with E-state index in [-0.39, 0.29) is 11.9 Å². The van der Waals surface area contributed by atoms with Crippen LogP contribution in [0.25, 0.3) is 10.9 Å². The quantitative estimate of drug-likeness (QED) is 0.461. The molecule has 184 valence electrons. The SMILES string of the molecule is CC(C)[C@H](Nc1nc(CN2CCN(C(=O)Nc3cccc(Cl)c3)CC2)nc2ccccc12)C(N)=O. The van der Waals surface area contributed by atoms with Crippen LogP contribution >= 0.6 is 11.6 Å². The second-order valence-electron chi connectivity index (χ2n) is 8.98. The number of nitrogens with zero attached hydrogens (tertiary/aromatic N) is 4. The highest BCUT2D eigenvalue weighted by Crippen LogP contribution is 2.23. The first kappa shape index (κ1) is 24.7. The van der Waals surface area contributed by atoms with E-state index >= 15 is 0 Å². The van der Waals surface area contributed by atoms with Gasteiger partial charge in [0.2, 0.25) is 5.91 Å². The van der Waals surface area contributed by atoms with Crippen LogP contribution in [0.1, 0.15) is 19.7 Å². The topological polar surface area (TPSA) is 116 Å². The smallest absolute Gasteiger partial charge is 0.321 e. The lowest BCUT2D eigenvalue weighted by Crippen LogP contribution is -2.49. The number of carbonyl (C=O) groups is 2. The molecule has 0 unspecified atom stereocenters. The van der Waals surface area contributed by atoms with Gasteiger partial charge in [0.1, 0.15) is 17.7 Å². The second kappa shape index (κ2) is 10.9. The van der Waals surface area contributed by atoms with Crippen LogP contribution in [0, 0.1) is 5.92 Å². The van der Waals surface area contributed by atoms with Gasteiger partial charge in [-0.25, -0.2) is 14.8 Å². The van der Waals surface area contributed by atoms with E-state index in [4.69, 9.17) is 27.3 Å². The van der Waals surface area contributed by atoms with Gasteiger partial charge < -0.3 is 21.3 Å². The fourth-order valence-corrected chi connectivity index (χ4v) is 4.29. The van der Waals surface area contributed by atoms with Gasteiger partial charge in [-0.2, -0.15) is 0 Å². The zero-order valence-corrected chi connectivity index (χ0v) is 20.6. The first-order valence-corrected chi connectivity index (χ1v) is 12.0. The first-order chi connectivity index (χ1) is 16.8. The Morgan fingerprint density at radius 1 is 1.06 bits per heavy atom. The average Bonchev–Trinajstić information content (AvgIpc) is 2.82. The molecule has 2 aromatic carbocycles. The lowest BCUT2D eigenvalue weighted by atomic mass is 10.0. The van der Waals surface area contributed by atoms with Crippen molar-refractivity contribution in [2.45, 2.75) is 26.4 Å². The second-order valence-corrected chi connectivity index (χ2v) is 9.41. The number of urea groups is 1. The molecule has 1 aromatic heterocycles. The van der Waals surface area contributed by atoms with Crippen LogP contribution in [0.2, 0.25) is 5.02 Å². The lowest BCUT2D eigenvalue weighted by Gasteiger charge is -2.34. The number of benzene rings is 2. The van der Waals surface area contributed by atoms with Crippen LogP contribution in [0.5, 0.6) is 0 Å². The van der Waals surface area contributed by atoms with Crippen molar-refractivity contribution >= 4 is 45.9 Å². The van der Waals surface area contributed by atoms with Crippen LogP contribution < -0.4 is 16.4 Å². The monoisotopic (exact) mass is 495 g/mol. The summed E-state index contributed by atoms with van der Waals surface area (Å²) in [6, 6.07) is 14.1. The highest BCUT2D eigenvalue weighted by atomic mass is 35.5. The molecule has 4 rings (SSSR count). The van der Waals surface area contributed by atoms with E-state index in [9.17, 15) is 9.59 Å². The predicted octanol–water partition coefficient (Wildman–Crippen LogP) is 3.55. The molecule has 1 saturated heterocycles. The number of halogens is 1. The van der Waals surface area contributed by atoms with E-state index in [1.54, 1.807) is 23.1 Å². The van der Waals surface area contributed by atoms with Crippen LogP contribution in [-0.4, -0.2) is 63.9 Å². The highest BCUT2D eigenvalue weighted by Gasteiger charge is 2.24. The maximum atomic E-state index is 12.6. The molecule has 10 heteroatoms. The van der Waals surface area contributed by atoms with Crippen molar-refractivity contribution in [3.63, 3.8) is 0 Å². The van der Waals surface area contributed by atoms with Crippen molar-refractivity contribution in [2.24, 2.45) is 11.7 Å². The normalized spacial score (nSPS) is 15.3. The summed E-state index contributed by atoms with van der Waals surface area (Å²) in [4.78, 5) is 38.1. The Bertz CT molecular complexity index is 1210. The van der Waals surface area contributed by atoms with E-state index in [0.717, 1.165) is 10.9 Å². The molecule has 1 fully saturated rings. The summed E-state index contributed by atoms with van der Waals surface area (Å²) in [6.45, 7) is 6.97. The molecule has 0 aliphatic carbocycles. The highest BCUT2D eigenvalue weighted by molar-refractivity contribution is 6.30. The number of anilines is 2. The van der Waals surface area contributed by atoms with Crippen molar-refractivity contribution in [1.29, 1.82) is 0 Å². The Morgan fingerprint density at radius 2 is 1.80 bits per heavy atom. The van der Waals surface area contributed by atoms with Gasteiger partial charge >= 0.3 is 6.03 Å². The van der Waals surface area contributed by atoms with E-state index in [2.05, 4.69) is 15.5 Å². The molecule has 3 aromatic rings. The van der Waals surface area contributed by atoms with Gasteiger partial charge in [0.25, 0.3) is 0 Å². The maximum absolute atomic E-state index is 12.6. The predicted molar refractivity (Wildman–Crippen MR) is 138 cm³/mol. The van der Waals surface area contributed by atoms with Crippen molar-refractivity contribution in [2.75, 3.05) is 36.8 Å². The molecule has 4 N–H and O–H groups in total. The minimum Gasteiger partial charge on any atom is -0.368 e. The van der Waals surface area contributed by atoms with Gasteiger partial charge in [-0.3, -0.25) is 9.69 Å². The summed E-state index contributed by atoms with van der Waals surface area (Å²) in [7, 11) is 0. The number of para-hydroxylation sites is 1. The summed E-state index contributed by atoms with van der Waals surface area (Å²) < 4.78 is 0. The van der Waals surface area contributed by atoms with Gasteiger partial charge in [-0.1, -0.05) is 43.6 Å². The molecule has 1 atom stereocenters. The van der Waals surface area contributed by atoms with Gasteiger partial charge in [-0.15, -0.1) is 0 Å². The molecule has 0 spiro atoms. The number of hydrogen-bond acceptors (Lipinski definition) is 6. The zero-order valence-electron chi connectivity index (χ0n) is 19.9. The van der Waals surface area contributed by atoms with Crippen LogP contribution in [0.15, 0.2) is 48.5 Å². The minimum absolute atomic E-state index is 0.0100. The Balaban J connectivity index is 1.43. The Labute approximate surface area is 209 Å². The molecular formula is C25H30ClN7O2. The van der Waals surface area contributed by atoms with E-state index in [1.165, 1.54) is 0 Å². The molecule has 2 heterocycles. The molecule has 3 amide bonds. The molecule has 35 heavy (non-hydrogen) atoms. The van der Waals surface area contributed by atoms with Gasteiger partial charge in [0, 0.05) is 42.3 Å². The third kappa shape index (κ3) is 6.17. The van der Waals surface area contributed by atoms with Crippen molar-refractivity contribution in [3.8, 4) is 0 Å². The molecule has 0 saturated carbocycles. The van der Waals surface area contributed by atoms with Gasteiger partial charge in [0.05, 0.1) is 12.1 Å². The number of rotatable bonds is 7. The number of carbonyl (C=O) groups excluding carboxylic acids is 2. The van der Waals surface area contributed by atoms with Crippen LogP contribution in [0.4, 0.5) is 16.3 Å². The van der Waals surface area contributed by atoms with E-state index in [0.29, 0.717) is 55.1 Å². The third-order valence-electron chi connectivity index (χ3n) is 6.02. The third-order valence-corrected chi connectivity index (χ3v) is 6.25. The number of hydrogen-bond donors (Lipinski definition) is 3. The lowest BCUT2D eigenvalue weighted by molar-refractivity contribution is -0.119. The summed E-state index contributed by atoms with van der Waals surface area (Å²) in [6.07, 6.45) is 0. The molecular weight excluding hydrogens is 466 g/mol. The largest absolute Gasteiger partial charge is 0.368 e. The first-order valence-electron chi connectivity index (χ1n) is 11.7. The molecule has 0 radical (unpaired) electrons. The number of amides is 3. The molecule has 9 nitrogen and oxygen atoms in total. The summed E-state index contributed by atoms with van der Waals surface area (Å²) in [5.41, 5.74) is 7.08. The minimum atomic E-state index is -0.539.